The van der Waals surface area contributed by atoms with E-state index < -0.39 is 0 Å². The average molecular weight is 392 g/mol. The quantitative estimate of drug-likeness (QED) is 0.375. The van der Waals surface area contributed by atoms with Gasteiger partial charge in [0.25, 0.3) is 5.91 Å². The van der Waals surface area contributed by atoms with E-state index in [1.54, 1.807) is 23.9 Å². The number of halogens is 1. The van der Waals surface area contributed by atoms with Crippen molar-refractivity contribution in [1.29, 1.82) is 0 Å². The summed E-state index contributed by atoms with van der Waals surface area (Å²) in [6.07, 6.45) is 3.08. The zero-order valence-electron chi connectivity index (χ0n) is 11.6. The summed E-state index contributed by atoms with van der Waals surface area (Å²) in [6.45, 7) is 0.696. The molecule has 0 fully saturated rings. The van der Waals surface area contributed by atoms with E-state index in [4.69, 9.17) is 17.0 Å². The molecule has 0 saturated heterocycles. The normalized spacial score (nSPS) is 9.81. The zero-order chi connectivity index (χ0) is 15.5. The monoisotopic (exact) mass is 391 g/mol. The van der Waals surface area contributed by atoms with Crippen LogP contribution in [-0.4, -0.2) is 36.2 Å². The highest BCUT2D eigenvalue weighted by Gasteiger charge is 2.03. The number of rotatable bonds is 7. The van der Waals surface area contributed by atoms with Crippen molar-refractivity contribution in [3.05, 3.63) is 28.7 Å². The molecule has 0 aliphatic heterocycles. The van der Waals surface area contributed by atoms with Crippen molar-refractivity contribution in [3.8, 4) is 5.75 Å². The minimum atomic E-state index is -0.300. The van der Waals surface area contributed by atoms with Crippen LogP contribution in [0, 0.1) is 0 Å². The molecule has 0 bridgehead atoms. The van der Waals surface area contributed by atoms with Gasteiger partial charge in [0.05, 0.1) is 0 Å². The lowest BCUT2D eigenvalue weighted by atomic mass is 10.3. The molecule has 0 aromatic heterocycles. The molecule has 0 heterocycles. The number of carbonyl (C=O) groups excluding carboxylic acids is 1. The van der Waals surface area contributed by atoms with Gasteiger partial charge in [-0.25, -0.2) is 0 Å². The maximum atomic E-state index is 11.6. The van der Waals surface area contributed by atoms with Crippen LogP contribution in [0.2, 0.25) is 0 Å². The second-order valence-electron chi connectivity index (χ2n) is 4.02. The first-order chi connectivity index (χ1) is 10.1. The van der Waals surface area contributed by atoms with Crippen molar-refractivity contribution in [3.63, 3.8) is 0 Å². The Morgan fingerprint density at radius 1 is 1.33 bits per heavy atom. The number of hydrogen-bond acceptors (Lipinski definition) is 4. The van der Waals surface area contributed by atoms with Gasteiger partial charge < -0.3 is 10.1 Å². The summed E-state index contributed by atoms with van der Waals surface area (Å²) >= 11 is 10.1. The molecule has 1 amide bonds. The van der Waals surface area contributed by atoms with E-state index in [1.165, 1.54) is 0 Å². The minimum Gasteiger partial charge on any atom is -0.484 e. The van der Waals surface area contributed by atoms with Crippen molar-refractivity contribution in [2.24, 2.45) is 0 Å². The van der Waals surface area contributed by atoms with Crippen LogP contribution >= 0.6 is 39.9 Å². The Balaban J connectivity index is 2.13. The highest BCUT2D eigenvalue weighted by molar-refractivity contribution is 9.10. The summed E-state index contributed by atoms with van der Waals surface area (Å²) in [5, 5.41) is 3.40. The molecular formula is C13H18BrN3O2S2. The molecule has 0 aliphatic rings. The summed E-state index contributed by atoms with van der Waals surface area (Å²) in [6, 6.07) is 7.25. The van der Waals surface area contributed by atoms with Crippen LogP contribution in [0.4, 0.5) is 0 Å². The fraction of sp³-hybridized carbons (Fsp3) is 0.385. The maximum Gasteiger partial charge on any atom is 0.276 e. The van der Waals surface area contributed by atoms with Crippen molar-refractivity contribution in [2.45, 2.75) is 6.42 Å². The summed E-state index contributed by atoms with van der Waals surface area (Å²) < 4.78 is 6.29. The molecule has 5 nitrogen and oxygen atoms in total. The van der Waals surface area contributed by atoms with Gasteiger partial charge in [0.1, 0.15) is 5.75 Å². The van der Waals surface area contributed by atoms with E-state index in [0.717, 1.165) is 23.2 Å². The smallest absolute Gasteiger partial charge is 0.276 e. The predicted molar refractivity (Wildman–Crippen MR) is 94.5 cm³/mol. The van der Waals surface area contributed by atoms with Gasteiger partial charge in [-0.05, 0) is 54.9 Å². The Hall–Kier alpha value is -0.990. The third-order valence-corrected chi connectivity index (χ3v) is 3.78. The number of thiocarbonyl (C=S) groups is 1. The van der Waals surface area contributed by atoms with Gasteiger partial charge in [-0.2, -0.15) is 11.8 Å². The number of benzene rings is 1. The number of amides is 1. The van der Waals surface area contributed by atoms with Crippen molar-refractivity contribution >= 4 is 50.9 Å². The Morgan fingerprint density at radius 2 is 2.05 bits per heavy atom. The molecule has 1 rings (SSSR count). The molecule has 1 aromatic rings. The van der Waals surface area contributed by atoms with Gasteiger partial charge in [0.2, 0.25) is 0 Å². The third-order valence-electron chi connectivity index (χ3n) is 2.31. The molecule has 21 heavy (non-hydrogen) atoms. The van der Waals surface area contributed by atoms with Gasteiger partial charge in [0, 0.05) is 11.0 Å². The Bertz CT molecular complexity index is 457. The molecule has 116 valence electrons. The topological polar surface area (TPSA) is 62.4 Å². The fourth-order valence-corrected chi connectivity index (χ4v) is 2.16. The van der Waals surface area contributed by atoms with Gasteiger partial charge >= 0.3 is 0 Å². The molecule has 0 aliphatic carbocycles. The Kier molecular flexibility index (Phi) is 9.20. The minimum absolute atomic E-state index is 0.0796. The number of carbonyl (C=O) groups is 1. The first-order valence-electron chi connectivity index (χ1n) is 6.32. The van der Waals surface area contributed by atoms with Crippen LogP contribution in [0.5, 0.6) is 5.75 Å². The summed E-state index contributed by atoms with van der Waals surface area (Å²) in [5.41, 5.74) is 5.10. The second kappa shape index (κ2) is 10.7. The van der Waals surface area contributed by atoms with Crippen LogP contribution in [0.1, 0.15) is 6.42 Å². The van der Waals surface area contributed by atoms with Crippen molar-refractivity contribution in [1.82, 2.24) is 16.2 Å². The molecule has 0 spiro atoms. The SMILES string of the molecule is CSCCCNC(=S)NNC(=O)COc1ccc(Br)cc1. The van der Waals surface area contributed by atoms with E-state index in [0.29, 0.717) is 10.9 Å². The number of nitrogens with one attached hydrogen (secondary N) is 3. The second-order valence-corrected chi connectivity index (χ2v) is 6.33. The highest BCUT2D eigenvalue weighted by Crippen LogP contribution is 2.15. The van der Waals surface area contributed by atoms with Crippen LogP contribution in [0.15, 0.2) is 28.7 Å². The van der Waals surface area contributed by atoms with Crippen LogP contribution < -0.4 is 20.9 Å². The first kappa shape index (κ1) is 18.1. The molecule has 1 aromatic carbocycles. The summed E-state index contributed by atoms with van der Waals surface area (Å²) in [7, 11) is 0. The third kappa shape index (κ3) is 8.79. The number of ether oxygens (including phenoxy) is 1. The molecule has 0 saturated carbocycles. The fourth-order valence-electron chi connectivity index (χ4n) is 1.30. The largest absolute Gasteiger partial charge is 0.484 e. The van der Waals surface area contributed by atoms with Crippen LogP contribution in [0.25, 0.3) is 0 Å². The predicted octanol–water partition coefficient (Wildman–Crippen LogP) is 2.08. The lowest BCUT2D eigenvalue weighted by Crippen LogP contribution is -2.48. The first-order valence-corrected chi connectivity index (χ1v) is 8.91. The van der Waals surface area contributed by atoms with E-state index in [2.05, 4.69) is 38.4 Å². The molecule has 0 radical (unpaired) electrons. The maximum absolute atomic E-state index is 11.6. The average Bonchev–Trinajstić information content (AvgIpc) is 2.49. The van der Waals surface area contributed by atoms with Crippen molar-refractivity contribution in [2.75, 3.05) is 25.2 Å². The zero-order valence-corrected chi connectivity index (χ0v) is 14.9. The lowest BCUT2D eigenvalue weighted by molar-refractivity contribution is -0.123. The summed E-state index contributed by atoms with van der Waals surface area (Å²) in [5.74, 6) is 1.40. The standard InChI is InChI=1S/C13H18BrN3O2S2/c1-21-8-2-7-15-13(20)17-16-12(18)9-19-11-5-3-10(14)4-6-11/h3-6H,2,7-9H2,1H3,(H,16,18)(H2,15,17,20). The molecule has 3 N–H and O–H groups in total. The highest BCUT2D eigenvalue weighted by atomic mass is 79.9. The van der Waals surface area contributed by atoms with Gasteiger partial charge in [-0.1, -0.05) is 15.9 Å². The van der Waals surface area contributed by atoms with Gasteiger partial charge in [0.15, 0.2) is 11.7 Å². The summed E-state index contributed by atoms with van der Waals surface area (Å²) in [4.78, 5) is 11.6. The van der Waals surface area contributed by atoms with E-state index in [1.807, 2.05) is 12.1 Å². The van der Waals surface area contributed by atoms with Crippen molar-refractivity contribution < 1.29 is 9.53 Å². The Labute approximate surface area is 142 Å². The van der Waals surface area contributed by atoms with Gasteiger partial charge in [-0.3, -0.25) is 15.6 Å². The van der Waals surface area contributed by atoms with Gasteiger partial charge in [-0.15, -0.1) is 0 Å². The lowest BCUT2D eigenvalue weighted by Gasteiger charge is -2.11. The number of hydrazine groups is 1. The van der Waals surface area contributed by atoms with Crippen LogP contribution in [0.3, 0.4) is 0 Å². The number of hydrogen-bond donors (Lipinski definition) is 3. The molecule has 0 atom stereocenters. The van der Waals surface area contributed by atoms with E-state index in [9.17, 15) is 4.79 Å². The molecule has 0 unspecified atom stereocenters. The Morgan fingerprint density at radius 3 is 2.71 bits per heavy atom. The molecule has 8 heteroatoms. The number of thioether (sulfide) groups is 1. The molecular weight excluding hydrogens is 374 g/mol. The van der Waals surface area contributed by atoms with E-state index >= 15 is 0 Å². The van der Waals surface area contributed by atoms with E-state index in [-0.39, 0.29) is 12.5 Å². The van der Waals surface area contributed by atoms with Crippen LogP contribution in [-0.2, 0) is 4.79 Å².